The molecular formula is C22H21ClN2O6. The molecule has 0 aliphatic carbocycles. The molecule has 8 nitrogen and oxygen atoms in total. The maximum Gasteiger partial charge on any atom is 0.338 e. The van der Waals surface area contributed by atoms with Crippen LogP contribution in [0.1, 0.15) is 5.56 Å². The summed E-state index contributed by atoms with van der Waals surface area (Å²) in [6.45, 7) is 0.124. The lowest BCUT2D eigenvalue weighted by Gasteiger charge is -2.33. The van der Waals surface area contributed by atoms with Gasteiger partial charge in [-0.1, -0.05) is 29.8 Å². The summed E-state index contributed by atoms with van der Waals surface area (Å²) >= 11 is 6.25. The molecule has 31 heavy (non-hydrogen) atoms. The van der Waals surface area contributed by atoms with Gasteiger partial charge in [0.25, 0.3) is 11.8 Å². The zero-order valence-corrected chi connectivity index (χ0v) is 18.0. The predicted molar refractivity (Wildman–Crippen MR) is 115 cm³/mol. The molecule has 1 fully saturated rings. The van der Waals surface area contributed by atoms with E-state index in [4.69, 9.17) is 25.8 Å². The average Bonchev–Trinajstić information content (AvgIpc) is 2.77. The Morgan fingerprint density at radius 1 is 0.968 bits per heavy atom. The summed E-state index contributed by atoms with van der Waals surface area (Å²) in [5.41, 5.74) is 0.597. The molecule has 2 aromatic carbocycles. The second-order valence-corrected chi connectivity index (χ2v) is 6.91. The van der Waals surface area contributed by atoms with Gasteiger partial charge >= 0.3 is 6.03 Å². The average molecular weight is 445 g/mol. The lowest BCUT2D eigenvalue weighted by atomic mass is 10.0. The van der Waals surface area contributed by atoms with E-state index in [2.05, 4.69) is 0 Å². The van der Waals surface area contributed by atoms with Crippen molar-refractivity contribution >= 4 is 41.2 Å². The molecule has 0 unspecified atom stereocenters. The lowest BCUT2D eigenvalue weighted by molar-refractivity contribution is -0.129. The van der Waals surface area contributed by atoms with Gasteiger partial charge in [0, 0.05) is 7.11 Å². The fourth-order valence-electron chi connectivity index (χ4n) is 3.15. The monoisotopic (exact) mass is 444 g/mol. The van der Waals surface area contributed by atoms with Crippen LogP contribution >= 0.6 is 11.6 Å². The number of amides is 4. The second-order valence-electron chi connectivity index (χ2n) is 6.50. The first-order valence-corrected chi connectivity index (χ1v) is 9.68. The van der Waals surface area contributed by atoms with Crippen molar-refractivity contribution in [3.63, 3.8) is 0 Å². The van der Waals surface area contributed by atoms with Gasteiger partial charge in [-0.25, -0.2) is 9.69 Å². The van der Waals surface area contributed by atoms with Crippen LogP contribution in [0.4, 0.5) is 10.5 Å². The number of hydrogen-bond acceptors (Lipinski definition) is 6. The number of urea groups is 1. The van der Waals surface area contributed by atoms with Crippen molar-refractivity contribution in [3.05, 3.63) is 58.6 Å². The molecule has 0 radical (unpaired) electrons. The van der Waals surface area contributed by atoms with E-state index in [-0.39, 0.29) is 23.7 Å². The number of halogens is 1. The van der Waals surface area contributed by atoms with E-state index >= 15 is 0 Å². The van der Waals surface area contributed by atoms with Crippen LogP contribution in [0, 0.1) is 0 Å². The Morgan fingerprint density at radius 3 is 2.29 bits per heavy atom. The van der Waals surface area contributed by atoms with Crippen molar-refractivity contribution in [2.75, 3.05) is 39.4 Å². The number of methoxy groups -OCH3 is 3. The number of imide groups is 2. The van der Waals surface area contributed by atoms with Crippen molar-refractivity contribution in [2.45, 2.75) is 0 Å². The third-order valence-electron chi connectivity index (χ3n) is 4.63. The number of ether oxygens (including phenoxy) is 3. The molecule has 0 saturated carbocycles. The SMILES string of the molecule is COCCN1C(=O)/C(=C/c2cc(Cl)c(OC)c(OC)c2)C(=O)N(c2ccccc2)C1=O. The van der Waals surface area contributed by atoms with Crippen LogP contribution in [0.25, 0.3) is 6.08 Å². The van der Waals surface area contributed by atoms with E-state index in [0.29, 0.717) is 22.7 Å². The summed E-state index contributed by atoms with van der Waals surface area (Å²) in [5, 5.41) is 0.247. The van der Waals surface area contributed by atoms with E-state index in [9.17, 15) is 14.4 Å². The minimum absolute atomic E-state index is 0.00515. The molecular weight excluding hydrogens is 424 g/mol. The highest BCUT2D eigenvalue weighted by Gasteiger charge is 2.42. The van der Waals surface area contributed by atoms with Gasteiger partial charge in [0.2, 0.25) is 0 Å². The number of barbiturate groups is 1. The van der Waals surface area contributed by atoms with Crippen molar-refractivity contribution < 1.29 is 28.6 Å². The quantitative estimate of drug-likeness (QED) is 0.480. The van der Waals surface area contributed by atoms with Crippen molar-refractivity contribution in [1.82, 2.24) is 4.90 Å². The molecule has 1 heterocycles. The van der Waals surface area contributed by atoms with Crippen LogP contribution in [0.15, 0.2) is 48.0 Å². The number of benzene rings is 2. The number of para-hydroxylation sites is 1. The fourth-order valence-corrected chi connectivity index (χ4v) is 3.44. The third-order valence-corrected chi connectivity index (χ3v) is 4.91. The number of hydrogen-bond donors (Lipinski definition) is 0. The van der Waals surface area contributed by atoms with E-state index in [1.54, 1.807) is 42.5 Å². The molecule has 0 bridgehead atoms. The number of rotatable bonds is 7. The predicted octanol–water partition coefficient (Wildman–Crippen LogP) is 3.38. The smallest absolute Gasteiger partial charge is 0.338 e. The summed E-state index contributed by atoms with van der Waals surface area (Å²) in [5.74, 6) is -0.786. The summed E-state index contributed by atoms with van der Waals surface area (Å²) in [6, 6.07) is 10.8. The maximum absolute atomic E-state index is 13.2. The Morgan fingerprint density at radius 2 is 1.68 bits per heavy atom. The molecule has 0 aromatic heterocycles. The van der Waals surface area contributed by atoms with Crippen LogP contribution in [0.2, 0.25) is 5.02 Å². The Balaban J connectivity index is 2.11. The number of anilines is 1. The van der Waals surface area contributed by atoms with Gasteiger partial charge in [-0.3, -0.25) is 14.5 Å². The third kappa shape index (κ3) is 4.40. The number of nitrogens with zero attached hydrogens (tertiary/aromatic N) is 2. The van der Waals surface area contributed by atoms with E-state index in [1.807, 2.05) is 0 Å². The van der Waals surface area contributed by atoms with Crippen molar-refractivity contribution in [3.8, 4) is 11.5 Å². The Hall–Kier alpha value is -3.36. The first kappa shape index (κ1) is 22.3. The summed E-state index contributed by atoms with van der Waals surface area (Å²) in [4.78, 5) is 41.1. The zero-order valence-electron chi connectivity index (χ0n) is 17.3. The Labute approximate surface area is 184 Å². The Kier molecular flexibility index (Phi) is 6.94. The molecule has 1 saturated heterocycles. The van der Waals surface area contributed by atoms with E-state index in [1.165, 1.54) is 27.4 Å². The minimum atomic E-state index is -0.735. The van der Waals surface area contributed by atoms with Crippen LogP contribution in [0.3, 0.4) is 0 Å². The number of carbonyl (C=O) groups excluding carboxylic acids is 3. The van der Waals surface area contributed by atoms with Gasteiger partial charge < -0.3 is 14.2 Å². The summed E-state index contributed by atoms with van der Waals surface area (Å²) in [7, 11) is 4.36. The largest absolute Gasteiger partial charge is 0.493 e. The van der Waals surface area contributed by atoms with Gasteiger partial charge in [-0.15, -0.1) is 0 Å². The first-order valence-electron chi connectivity index (χ1n) is 9.30. The molecule has 1 aliphatic heterocycles. The van der Waals surface area contributed by atoms with Crippen LogP contribution < -0.4 is 14.4 Å². The molecule has 0 N–H and O–H groups in total. The zero-order chi connectivity index (χ0) is 22.5. The van der Waals surface area contributed by atoms with Crippen molar-refractivity contribution in [2.24, 2.45) is 0 Å². The molecule has 162 valence electrons. The molecule has 3 rings (SSSR count). The highest BCUT2D eigenvalue weighted by Crippen LogP contribution is 2.37. The highest BCUT2D eigenvalue weighted by atomic mass is 35.5. The lowest BCUT2D eigenvalue weighted by Crippen LogP contribution is -2.57. The molecule has 0 spiro atoms. The van der Waals surface area contributed by atoms with Crippen molar-refractivity contribution in [1.29, 1.82) is 0 Å². The van der Waals surface area contributed by atoms with Crippen LogP contribution in [0.5, 0.6) is 11.5 Å². The second kappa shape index (κ2) is 9.63. The summed E-state index contributed by atoms with van der Waals surface area (Å²) in [6.07, 6.45) is 1.38. The summed E-state index contributed by atoms with van der Waals surface area (Å²) < 4.78 is 15.5. The van der Waals surface area contributed by atoms with Gasteiger partial charge in [0.05, 0.1) is 38.1 Å². The number of carbonyl (C=O) groups is 3. The van der Waals surface area contributed by atoms with Gasteiger partial charge in [-0.05, 0) is 35.9 Å². The van der Waals surface area contributed by atoms with Gasteiger partial charge in [0.1, 0.15) is 5.57 Å². The topological polar surface area (TPSA) is 85.4 Å². The maximum atomic E-state index is 13.2. The molecule has 2 aromatic rings. The normalized spacial score (nSPS) is 15.6. The molecule has 0 atom stereocenters. The Bertz CT molecular complexity index is 1040. The van der Waals surface area contributed by atoms with E-state index < -0.39 is 17.8 Å². The van der Waals surface area contributed by atoms with Gasteiger partial charge in [-0.2, -0.15) is 0 Å². The van der Waals surface area contributed by atoms with Crippen LogP contribution in [-0.4, -0.2) is 57.2 Å². The van der Waals surface area contributed by atoms with Crippen LogP contribution in [-0.2, 0) is 14.3 Å². The minimum Gasteiger partial charge on any atom is -0.493 e. The standard InChI is InChI=1S/C22H21ClN2O6/c1-29-10-9-24-20(26)16(11-14-12-17(23)19(31-3)18(13-14)30-2)21(27)25(22(24)28)15-7-5-4-6-8-15/h4-8,11-13H,9-10H2,1-3H3/b16-11-. The fraction of sp³-hybridized carbons (Fsp3) is 0.227. The molecule has 1 aliphatic rings. The highest BCUT2D eigenvalue weighted by molar-refractivity contribution is 6.39. The van der Waals surface area contributed by atoms with Gasteiger partial charge in [0.15, 0.2) is 11.5 Å². The molecule has 4 amide bonds. The van der Waals surface area contributed by atoms with E-state index in [0.717, 1.165) is 9.80 Å². The first-order chi connectivity index (χ1) is 14.9. The molecule has 9 heteroatoms.